The predicted octanol–water partition coefficient (Wildman–Crippen LogP) is 2.20. The standard InChI is InChI=1S/C8H8N4.C2H6/c1-6-3-2-4-7(5-6)8-9-11-12-10-8;1-2/h2-5H,1H3,(H,9,10,11,12);1-2H3. The maximum Gasteiger partial charge on any atom is 0.204 e. The van der Waals surface area contributed by atoms with Gasteiger partial charge in [-0.25, -0.2) is 0 Å². The molecule has 0 aliphatic rings. The van der Waals surface area contributed by atoms with Crippen LogP contribution in [0.1, 0.15) is 19.4 Å². The first-order valence-electron chi connectivity index (χ1n) is 4.67. The number of H-pyrrole nitrogens is 1. The molecular weight excluding hydrogens is 176 g/mol. The Morgan fingerprint density at radius 1 is 1.21 bits per heavy atom. The zero-order valence-electron chi connectivity index (χ0n) is 8.65. The van der Waals surface area contributed by atoms with E-state index < -0.39 is 0 Å². The van der Waals surface area contributed by atoms with E-state index in [1.54, 1.807) is 0 Å². The van der Waals surface area contributed by atoms with Gasteiger partial charge in [0.15, 0.2) is 0 Å². The summed E-state index contributed by atoms with van der Waals surface area (Å²) in [4.78, 5) is 0. The summed E-state index contributed by atoms with van der Waals surface area (Å²) in [5, 5.41) is 13.7. The molecule has 0 saturated heterocycles. The number of aromatic amines is 1. The third-order valence-electron chi connectivity index (χ3n) is 1.62. The third-order valence-corrected chi connectivity index (χ3v) is 1.62. The van der Waals surface area contributed by atoms with Gasteiger partial charge in [-0.05, 0) is 18.2 Å². The molecule has 0 amide bonds. The monoisotopic (exact) mass is 190 g/mol. The van der Waals surface area contributed by atoms with Crippen molar-refractivity contribution in [1.82, 2.24) is 20.6 Å². The third kappa shape index (κ3) is 2.39. The largest absolute Gasteiger partial charge is 0.204 e. The van der Waals surface area contributed by atoms with E-state index in [0.29, 0.717) is 5.82 Å². The molecule has 2 aromatic rings. The van der Waals surface area contributed by atoms with Crippen LogP contribution in [0, 0.1) is 6.92 Å². The van der Waals surface area contributed by atoms with E-state index >= 15 is 0 Å². The fourth-order valence-corrected chi connectivity index (χ4v) is 1.07. The first-order valence-corrected chi connectivity index (χ1v) is 4.67. The molecule has 0 unspecified atom stereocenters. The van der Waals surface area contributed by atoms with Gasteiger partial charge < -0.3 is 0 Å². The highest BCUT2D eigenvalue weighted by Gasteiger charge is 2.00. The molecule has 0 radical (unpaired) electrons. The van der Waals surface area contributed by atoms with Crippen LogP contribution >= 0.6 is 0 Å². The van der Waals surface area contributed by atoms with Crippen molar-refractivity contribution >= 4 is 0 Å². The highest BCUT2D eigenvalue weighted by Crippen LogP contribution is 2.13. The topological polar surface area (TPSA) is 54.5 Å². The van der Waals surface area contributed by atoms with E-state index in [-0.39, 0.29) is 0 Å². The van der Waals surface area contributed by atoms with E-state index in [1.807, 2.05) is 45.0 Å². The first-order chi connectivity index (χ1) is 6.86. The fraction of sp³-hybridized carbons (Fsp3) is 0.300. The molecule has 1 aromatic carbocycles. The molecule has 0 fully saturated rings. The number of aryl methyl sites for hydroxylation is 1. The minimum Gasteiger partial charge on any atom is -0.177 e. The summed E-state index contributed by atoms with van der Waals surface area (Å²) >= 11 is 0. The number of nitrogens with zero attached hydrogens (tertiary/aromatic N) is 3. The van der Waals surface area contributed by atoms with Gasteiger partial charge in [0.05, 0.1) is 0 Å². The Hall–Kier alpha value is -1.71. The summed E-state index contributed by atoms with van der Waals surface area (Å²) < 4.78 is 0. The molecule has 0 aliphatic heterocycles. The first kappa shape index (κ1) is 10.4. The van der Waals surface area contributed by atoms with Crippen LogP contribution in [0.3, 0.4) is 0 Å². The lowest BCUT2D eigenvalue weighted by molar-refractivity contribution is 0.881. The number of aromatic nitrogens is 4. The molecule has 14 heavy (non-hydrogen) atoms. The maximum absolute atomic E-state index is 3.88. The summed E-state index contributed by atoms with van der Waals surface area (Å²) in [6.45, 7) is 6.03. The lowest BCUT2D eigenvalue weighted by Crippen LogP contribution is -1.81. The number of tetrazole rings is 1. The smallest absolute Gasteiger partial charge is 0.177 e. The molecular formula is C10H14N4. The Bertz CT molecular complexity index is 367. The van der Waals surface area contributed by atoms with Crippen LogP contribution in [0.2, 0.25) is 0 Å². The maximum atomic E-state index is 3.88. The molecule has 4 heteroatoms. The van der Waals surface area contributed by atoms with Gasteiger partial charge in [-0.15, -0.1) is 10.2 Å². The molecule has 0 atom stereocenters. The zero-order valence-corrected chi connectivity index (χ0v) is 8.65. The minimum absolute atomic E-state index is 0.638. The minimum atomic E-state index is 0.638. The Kier molecular flexibility index (Phi) is 3.79. The van der Waals surface area contributed by atoms with Gasteiger partial charge in [-0.3, -0.25) is 0 Å². The molecule has 1 N–H and O–H groups in total. The van der Waals surface area contributed by atoms with Crippen molar-refractivity contribution in [2.24, 2.45) is 0 Å². The number of benzene rings is 1. The molecule has 0 bridgehead atoms. The van der Waals surface area contributed by atoms with Gasteiger partial charge in [0.2, 0.25) is 5.82 Å². The molecule has 4 nitrogen and oxygen atoms in total. The van der Waals surface area contributed by atoms with Crippen LogP contribution in [0.15, 0.2) is 24.3 Å². The van der Waals surface area contributed by atoms with Crippen molar-refractivity contribution in [2.45, 2.75) is 20.8 Å². The lowest BCUT2D eigenvalue weighted by Gasteiger charge is -1.94. The second kappa shape index (κ2) is 5.11. The van der Waals surface area contributed by atoms with Crippen LogP contribution in [0.4, 0.5) is 0 Å². The highest BCUT2D eigenvalue weighted by molar-refractivity contribution is 5.54. The van der Waals surface area contributed by atoms with Gasteiger partial charge >= 0.3 is 0 Å². The fourth-order valence-electron chi connectivity index (χ4n) is 1.07. The van der Waals surface area contributed by atoms with Crippen molar-refractivity contribution in [1.29, 1.82) is 0 Å². The predicted molar refractivity (Wildman–Crippen MR) is 55.7 cm³/mol. The van der Waals surface area contributed by atoms with Crippen LogP contribution in [0.5, 0.6) is 0 Å². The van der Waals surface area contributed by atoms with Crippen LogP contribution in [0.25, 0.3) is 11.4 Å². The van der Waals surface area contributed by atoms with Crippen molar-refractivity contribution < 1.29 is 0 Å². The molecule has 0 spiro atoms. The Labute approximate surface area is 83.4 Å². The van der Waals surface area contributed by atoms with Crippen molar-refractivity contribution in [3.8, 4) is 11.4 Å². The van der Waals surface area contributed by atoms with Crippen molar-refractivity contribution in [3.63, 3.8) is 0 Å². The van der Waals surface area contributed by atoms with Crippen LogP contribution < -0.4 is 0 Å². The molecule has 0 aliphatic carbocycles. The van der Waals surface area contributed by atoms with Gasteiger partial charge in [0.25, 0.3) is 0 Å². The van der Waals surface area contributed by atoms with Crippen LogP contribution in [-0.2, 0) is 0 Å². The van der Waals surface area contributed by atoms with Crippen molar-refractivity contribution in [3.05, 3.63) is 29.8 Å². The normalized spacial score (nSPS) is 9.07. The Balaban J connectivity index is 0.000000461. The van der Waals surface area contributed by atoms with E-state index in [1.165, 1.54) is 5.56 Å². The lowest BCUT2D eigenvalue weighted by atomic mass is 10.1. The van der Waals surface area contributed by atoms with Crippen LogP contribution in [-0.4, -0.2) is 20.6 Å². The van der Waals surface area contributed by atoms with E-state index in [4.69, 9.17) is 0 Å². The molecule has 74 valence electrons. The quantitative estimate of drug-likeness (QED) is 0.750. The molecule has 0 saturated carbocycles. The second-order valence-corrected chi connectivity index (χ2v) is 2.60. The summed E-state index contributed by atoms with van der Waals surface area (Å²) in [5.41, 5.74) is 2.18. The molecule has 2 rings (SSSR count). The summed E-state index contributed by atoms with van der Waals surface area (Å²) in [6.07, 6.45) is 0. The number of nitrogens with one attached hydrogen (secondary N) is 1. The average molecular weight is 190 g/mol. The molecule has 1 aromatic heterocycles. The number of hydrogen-bond donors (Lipinski definition) is 1. The van der Waals surface area contributed by atoms with Crippen molar-refractivity contribution in [2.75, 3.05) is 0 Å². The molecule has 1 heterocycles. The summed E-state index contributed by atoms with van der Waals surface area (Å²) in [7, 11) is 0. The number of hydrogen-bond acceptors (Lipinski definition) is 3. The SMILES string of the molecule is CC.Cc1cccc(-c2nn[nH]n2)c1. The van der Waals surface area contributed by atoms with E-state index in [0.717, 1.165) is 5.56 Å². The Morgan fingerprint density at radius 2 is 2.00 bits per heavy atom. The van der Waals surface area contributed by atoms with Gasteiger partial charge in [0, 0.05) is 5.56 Å². The summed E-state index contributed by atoms with van der Waals surface area (Å²) in [6, 6.07) is 7.98. The van der Waals surface area contributed by atoms with E-state index in [2.05, 4.69) is 20.6 Å². The number of rotatable bonds is 1. The van der Waals surface area contributed by atoms with Gasteiger partial charge in [-0.1, -0.05) is 37.6 Å². The summed E-state index contributed by atoms with van der Waals surface area (Å²) in [5.74, 6) is 0.638. The van der Waals surface area contributed by atoms with Gasteiger partial charge in [0.1, 0.15) is 0 Å². The Morgan fingerprint density at radius 3 is 2.57 bits per heavy atom. The van der Waals surface area contributed by atoms with Gasteiger partial charge in [-0.2, -0.15) is 5.21 Å². The zero-order chi connectivity index (χ0) is 10.4. The van der Waals surface area contributed by atoms with E-state index in [9.17, 15) is 0 Å². The highest BCUT2D eigenvalue weighted by atomic mass is 15.5. The average Bonchev–Trinajstić information content (AvgIpc) is 2.74. The second-order valence-electron chi connectivity index (χ2n) is 2.60.